The molecular formula is C16H31N3O2. The SMILES string of the molecule is CCCCCCCCCN1C(=O)NC2(CCNCC2)C1O. The van der Waals surface area contributed by atoms with Crippen LogP contribution in [0.2, 0.25) is 0 Å². The van der Waals surface area contributed by atoms with Crippen molar-refractivity contribution in [3.05, 3.63) is 0 Å². The van der Waals surface area contributed by atoms with E-state index in [1.807, 2.05) is 0 Å². The van der Waals surface area contributed by atoms with Crippen LogP contribution >= 0.6 is 0 Å². The number of carbonyl (C=O) groups excluding carboxylic acids is 1. The Morgan fingerprint density at radius 2 is 1.76 bits per heavy atom. The maximum absolute atomic E-state index is 12.1. The highest BCUT2D eigenvalue weighted by Crippen LogP contribution is 2.30. The predicted molar refractivity (Wildman–Crippen MR) is 84.1 cm³/mol. The highest BCUT2D eigenvalue weighted by molar-refractivity contribution is 5.78. The minimum absolute atomic E-state index is 0.0876. The van der Waals surface area contributed by atoms with Gasteiger partial charge < -0.3 is 15.7 Å². The monoisotopic (exact) mass is 297 g/mol. The number of urea groups is 1. The Morgan fingerprint density at radius 1 is 1.14 bits per heavy atom. The number of aliphatic hydroxyl groups is 1. The van der Waals surface area contributed by atoms with Crippen molar-refractivity contribution in [3.63, 3.8) is 0 Å². The van der Waals surface area contributed by atoms with Gasteiger partial charge in [-0.2, -0.15) is 0 Å². The van der Waals surface area contributed by atoms with Crippen LogP contribution in [0, 0.1) is 0 Å². The number of nitrogens with zero attached hydrogens (tertiary/aromatic N) is 1. The molecule has 0 aliphatic carbocycles. The van der Waals surface area contributed by atoms with E-state index in [9.17, 15) is 9.90 Å². The van der Waals surface area contributed by atoms with Crippen molar-refractivity contribution in [1.82, 2.24) is 15.5 Å². The number of carbonyl (C=O) groups is 1. The average molecular weight is 297 g/mol. The number of nitrogens with one attached hydrogen (secondary N) is 2. The molecule has 0 radical (unpaired) electrons. The van der Waals surface area contributed by atoms with Crippen molar-refractivity contribution in [2.45, 2.75) is 76.5 Å². The summed E-state index contributed by atoms with van der Waals surface area (Å²) in [5, 5.41) is 16.8. The van der Waals surface area contributed by atoms with Gasteiger partial charge in [0, 0.05) is 6.54 Å². The molecule has 2 saturated heterocycles. The lowest BCUT2D eigenvalue weighted by Crippen LogP contribution is -2.56. The van der Waals surface area contributed by atoms with Gasteiger partial charge in [-0.05, 0) is 32.4 Å². The number of rotatable bonds is 8. The van der Waals surface area contributed by atoms with Gasteiger partial charge in [-0.25, -0.2) is 4.79 Å². The van der Waals surface area contributed by atoms with E-state index in [4.69, 9.17) is 0 Å². The third-order valence-electron chi connectivity index (χ3n) is 4.90. The van der Waals surface area contributed by atoms with Crippen LogP contribution in [-0.4, -0.2) is 47.4 Å². The van der Waals surface area contributed by atoms with Crippen LogP contribution in [-0.2, 0) is 0 Å². The van der Waals surface area contributed by atoms with Gasteiger partial charge in [0.2, 0.25) is 0 Å². The fourth-order valence-corrected chi connectivity index (χ4v) is 3.48. The first-order valence-electron chi connectivity index (χ1n) is 8.67. The number of unbranched alkanes of at least 4 members (excludes halogenated alkanes) is 6. The second-order valence-electron chi connectivity index (χ2n) is 6.52. The molecule has 5 nitrogen and oxygen atoms in total. The number of hydrogen-bond acceptors (Lipinski definition) is 3. The average Bonchev–Trinajstić information content (AvgIpc) is 2.71. The van der Waals surface area contributed by atoms with Crippen LogP contribution in [0.25, 0.3) is 0 Å². The van der Waals surface area contributed by atoms with Crippen LogP contribution < -0.4 is 10.6 Å². The lowest BCUT2D eigenvalue weighted by atomic mass is 9.87. The smallest absolute Gasteiger partial charge is 0.320 e. The van der Waals surface area contributed by atoms with Gasteiger partial charge in [0.15, 0.2) is 6.23 Å². The Morgan fingerprint density at radius 3 is 2.43 bits per heavy atom. The summed E-state index contributed by atoms with van der Waals surface area (Å²) in [6, 6.07) is -0.0876. The molecule has 0 saturated carbocycles. The van der Waals surface area contributed by atoms with E-state index in [2.05, 4.69) is 17.6 Å². The van der Waals surface area contributed by atoms with Crippen LogP contribution in [0.5, 0.6) is 0 Å². The zero-order valence-electron chi connectivity index (χ0n) is 13.4. The maximum atomic E-state index is 12.1. The molecule has 3 N–H and O–H groups in total. The molecule has 2 amide bonds. The predicted octanol–water partition coefficient (Wildman–Crippen LogP) is 2.20. The molecule has 0 aromatic carbocycles. The molecule has 1 spiro atoms. The molecule has 21 heavy (non-hydrogen) atoms. The summed E-state index contributed by atoms with van der Waals surface area (Å²) in [4.78, 5) is 13.7. The highest BCUT2D eigenvalue weighted by Gasteiger charge is 2.50. The largest absolute Gasteiger partial charge is 0.371 e. The lowest BCUT2D eigenvalue weighted by molar-refractivity contribution is -0.0105. The van der Waals surface area contributed by atoms with Crippen molar-refractivity contribution < 1.29 is 9.90 Å². The lowest BCUT2D eigenvalue weighted by Gasteiger charge is -2.36. The molecule has 2 fully saturated rings. The Labute approximate surface area is 128 Å². The Hall–Kier alpha value is -0.810. The molecule has 122 valence electrons. The second-order valence-corrected chi connectivity index (χ2v) is 6.52. The quantitative estimate of drug-likeness (QED) is 0.602. The number of amides is 2. The van der Waals surface area contributed by atoms with Crippen LogP contribution in [0.3, 0.4) is 0 Å². The summed E-state index contributed by atoms with van der Waals surface area (Å²) in [6.07, 6.45) is 9.55. The summed E-state index contributed by atoms with van der Waals surface area (Å²) < 4.78 is 0. The summed E-state index contributed by atoms with van der Waals surface area (Å²) in [6.45, 7) is 4.63. The maximum Gasteiger partial charge on any atom is 0.320 e. The van der Waals surface area contributed by atoms with Crippen LogP contribution in [0.1, 0.15) is 64.7 Å². The topological polar surface area (TPSA) is 64.6 Å². The van der Waals surface area contributed by atoms with Gasteiger partial charge in [-0.15, -0.1) is 0 Å². The van der Waals surface area contributed by atoms with Gasteiger partial charge in [0.05, 0.1) is 5.54 Å². The van der Waals surface area contributed by atoms with Gasteiger partial charge in [-0.1, -0.05) is 45.4 Å². The van der Waals surface area contributed by atoms with E-state index >= 15 is 0 Å². The fraction of sp³-hybridized carbons (Fsp3) is 0.938. The molecular weight excluding hydrogens is 266 g/mol. The van der Waals surface area contributed by atoms with E-state index in [1.165, 1.54) is 32.1 Å². The zero-order valence-corrected chi connectivity index (χ0v) is 13.4. The molecule has 1 unspecified atom stereocenters. The van der Waals surface area contributed by atoms with Crippen molar-refractivity contribution >= 4 is 6.03 Å². The molecule has 2 heterocycles. The van der Waals surface area contributed by atoms with Crippen molar-refractivity contribution in [3.8, 4) is 0 Å². The summed E-state index contributed by atoms with van der Waals surface area (Å²) >= 11 is 0. The van der Waals surface area contributed by atoms with Gasteiger partial charge in [0.1, 0.15) is 0 Å². The summed E-state index contributed by atoms with van der Waals surface area (Å²) in [5.41, 5.74) is -0.413. The van der Waals surface area contributed by atoms with Crippen LogP contribution in [0.15, 0.2) is 0 Å². The van der Waals surface area contributed by atoms with Gasteiger partial charge in [0.25, 0.3) is 0 Å². The number of hydrogen-bond donors (Lipinski definition) is 3. The van der Waals surface area contributed by atoms with Crippen LogP contribution in [0.4, 0.5) is 4.79 Å². The molecule has 0 aromatic rings. The Bertz CT molecular complexity index is 329. The molecule has 2 aliphatic heterocycles. The standard InChI is InChI=1S/C16H31N3O2/c1-2-3-4-5-6-7-8-13-19-14(20)16(18-15(19)21)9-11-17-12-10-16/h14,17,20H,2-13H2,1H3,(H,18,21). The molecule has 2 rings (SSSR count). The van der Waals surface area contributed by atoms with E-state index < -0.39 is 11.8 Å². The van der Waals surface area contributed by atoms with Gasteiger partial charge >= 0.3 is 6.03 Å². The van der Waals surface area contributed by atoms with E-state index in [0.717, 1.165) is 38.8 Å². The Kier molecular flexibility index (Phi) is 6.30. The van der Waals surface area contributed by atoms with Crippen molar-refractivity contribution in [1.29, 1.82) is 0 Å². The fourth-order valence-electron chi connectivity index (χ4n) is 3.48. The number of piperidine rings is 1. The van der Waals surface area contributed by atoms with E-state index in [1.54, 1.807) is 4.90 Å². The molecule has 0 aromatic heterocycles. The first kappa shape index (κ1) is 16.6. The van der Waals surface area contributed by atoms with E-state index in [-0.39, 0.29) is 6.03 Å². The summed E-state index contributed by atoms with van der Waals surface area (Å²) in [5.74, 6) is 0. The third-order valence-corrected chi connectivity index (χ3v) is 4.90. The first-order valence-corrected chi connectivity index (χ1v) is 8.67. The van der Waals surface area contributed by atoms with Crippen molar-refractivity contribution in [2.75, 3.05) is 19.6 Å². The highest BCUT2D eigenvalue weighted by atomic mass is 16.3. The third kappa shape index (κ3) is 4.10. The number of aliphatic hydroxyl groups excluding tert-OH is 1. The summed E-state index contributed by atoms with van der Waals surface area (Å²) in [7, 11) is 0. The molecule has 2 aliphatic rings. The zero-order chi connectivity index (χ0) is 15.1. The van der Waals surface area contributed by atoms with Gasteiger partial charge in [-0.3, -0.25) is 4.90 Å². The molecule has 5 heteroatoms. The molecule has 0 bridgehead atoms. The minimum Gasteiger partial charge on any atom is -0.371 e. The normalized spacial score (nSPS) is 24.6. The second kappa shape index (κ2) is 7.99. The van der Waals surface area contributed by atoms with E-state index in [0.29, 0.717) is 6.54 Å². The Balaban J connectivity index is 1.69. The first-order chi connectivity index (χ1) is 10.2. The minimum atomic E-state index is -0.660. The molecule has 1 atom stereocenters. The van der Waals surface area contributed by atoms with Crippen molar-refractivity contribution in [2.24, 2.45) is 0 Å².